The first kappa shape index (κ1) is 17.1. The predicted octanol–water partition coefficient (Wildman–Crippen LogP) is 1.87. The fourth-order valence-electron chi connectivity index (χ4n) is 2.05. The summed E-state index contributed by atoms with van der Waals surface area (Å²) in [4.78, 5) is 23.0. The van der Waals surface area contributed by atoms with Crippen LogP contribution in [-0.4, -0.2) is 32.0 Å². The molecule has 1 unspecified atom stereocenters. The van der Waals surface area contributed by atoms with Crippen molar-refractivity contribution in [3.63, 3.8) is 0 Å². The highest BCUT2D eigenvalue weighted by Gasteiger charge is 2.27. The van der Waals surface area contributed by atoms with Gasteiger partial charge in [0, 0.05) is 6.54 Å². The van der Waals surface area contributed by atoms with E-state index in [1.165, 1.54) is 11.8 Å². The van der Waals surface area contributed by atoms with Crippen LogP contribution in [0.4, 0.5) is 4.79 Å². The zero-order valence-electron chi connectivity index (χ0n) is 13.1. The lowest BCUT2D eigenvalue weighted by Gasteiger charge is -2.18. The van der Waals surface area contributed by atoms with Crippen molar-refractivity contribution in [3.05, 3.63) is 18.4 Å². The standard InChI is InChI=1S/C14H19N5O3S/c1-4-19-11(9-6-5-7-22-9)17-18-14(19)23-10(8(2)3)12(20)16-13(15)21/h5-8,10H,4H2,1-3H3,(H3,15,16,20,21). The van der Waals surface area contributed by atoms with Gasteiger partial charge in [-0.25, -0.2) is 4.79 Å². The van der Waals surface area contributed by atoms with Crippen LogP contribution in [0.1, 0.15) is 20.8 Å². The Labute approximate surface area is 137 Å². The maximum atomic E-state index is 12.1. The van der Waals surface area contributed by atoms with Crippen LogP contribution in [0.2, 0.25) is 0 Å². The number of furan rings is 1. The second-order valence-corrected chi connectivity index (χ2v) is 6.27. The van der Waals surface area contributed by atoms with Gasteiger partial charge in [0.1, 0.15) is 0 Å². The monoisotopic (exact) mass is 337 g/mol. The minimum absolute atomic E-state index is 0.0200. The highest BCUT2D eigenvalue weighted by atomic mass is 32.2. The lowest BCUT2D eigenvalue weighted by Crippen LogP contribution is -2.42. The highest BCUT2D eigenvalue weighted by Crippen LogP contribution is 2.30. The van der Waals surface area contributed by atoms with Gasteiger partial charge in [-0.3, -0.25) is 14.7 Å². The molecule has 0 aliphatic heterocycles. The SMILES string of the molecule is CCn1c(SC(C(=O)NC(N)=O)C(C)C)nnc1-c1ccco1. The Morgan fingerprint density at radius 1 is 1.43 bits per heavy atom. The minimum atomic E-state index is -0.866. The van der Waals surface area contributed by atoms with E-state index in [9.17, 15) is 9.59 Å². The number of hydrogen-bond acceptors (Lipinski definition) is 6. The van der Waals surface area contributed by atoms with Crippen LogP contribution >= 0.6 is 11.8 Å². The zero-order chi connectivity index (χ0) is 17.0. The average Bonchev–Trinajstić information content (AvgIpc) is 3.11. The first-order chi connectivity index (χ1) is 10.9. The molecule has 0 saturated carbocycles. The number of imide groups is 1. The van der Waals surface area contributed by atoms with Gasteiger partial charge in [0.15, 0.2) is 16.7 Å². The lowest BCUT2D eigenvalue weighted by atomic mass is 10.1. The molecule has 124 valence electrons. The molecule has 0 radical (unpaired) electrons. The van der Waals surface area contributed by atoms with Crippen molar-refractivity contribution in [1.82, 2.24) is 20.1 Å². The molecule has 0 aliphatic rings. The summed E-state index contributed by atoms with van der Waals surface area (Å²) in [5.41, 5.74) is 5.02. The second-order valence-electron chi connectivity index (χ2n) is 5.16. The number of aromatic nitrogens is 3. The van der Waals surface area contributed by atoms with Gasteiger partial charge in [-0.1, -0.05) is 25.6 Å². The first-order valence-electron chi connectivity index (χ1n) is 7.18. The fraction of sp³-hybridized carbons (Fsp3) is 0.429. The Morgan fingerprint density at radius 3 is 2.70 bits per heavy atom. The Hall–Kier alpha value is -2.29. The van der Waals surface area contributed by atoms with Gasteiger partial charge in [-0.15, -0.1) is 10.2 Å². The van der Waals surface area contributed by atoms with Crippen molar-refractivity contribution < 1.29 is 14.0 Å². The molecule has 3 amide bonds. The maximum Gasteiger partial charge on any atom is 0.318 e. The summed E-state index contributed by atoms with van der Waals surface area (Å²) < 4.78 is 7.21. The third kappa shape index (κ3) is 3.92. The summed E-state index contributed by atoms with van der Waals surface area (Å²) in [6.07, 6.45) is 1.56. The van der Waals surface area contributed by atoms with Gasteiger partial charge >= 0.3 is 6.03 Å². The van der Waals surface area contributed by atoms with Gasteiger partial charge in [0.2, 0.25) is 5.91 Å². The zero-order valence-corrected chi connectivity index (χ0v) is 14.0. The molecule has 0 bridgehead atoms. The molecule has 2 aromatic heterocycles. The van der Waals surface area contributed by atoms with E-state index >= 15 is 0 Å². The van der Waals surface area contributed by atoms with Crippen LogP contribution in [0.15, 0.2) is 28.0 Å². The van der Waals surface area contributed by atoms with Crippen LogP contribution < -0.4 is 11.1 Å². The molecular formula is C14H19N5O3S. The molecule has 2 heterocycles. The molecule has 0 fully saturated rings. The molecule has 8 nitrogen and oxygen atoms in total. The summed E-state index contributed by atoms with van der Waals surface area (Å²) >= 11 is 1.24. The number of nitrogens with two attached hydrogens (primary N) is 1. The summed E-state index contributed by atoms with van der Waals surface area (Å²) in [5.74, 6) is 0.739. The molecule has 0 saturated heterocycles. The van der Waals surface area contributed by atoms with Gasteiger partial charge in [0.25, 0.3) is 0 Å². The maximum absolute atomic E-state index is 12.1. The van der Waals surface area contributed by atoms with E-state index in [-0.39, 0.29) is 5.92 Å². The number of amides is 3. The largest absolute Gasteiger partial charge is 0.461 e. The summed E-state index contributed by atoms with van der Waals surface area (Å²) in [7, 11) is 0. The number of rotatable bonds is 6. The van der Waals surface area contributed by atoms with E-state index in [0.717, 1.165) is 0 Å². The summed E-state index contributed by atoms with van der Waals surface area (Å²) in [6.45, 7) is 6.35. The molecule has 0 aliphatic carbocycles. The number of hydrogen-bond donors (Lipinski definition) is 2. The topological polar surface area (TPSA) is 116 Å². The molecule has 0 spiro atoms. The van der Waals surface area contributed by atoms with Crippen molar-refractivity contribution in [2.45, 2.75) is 37.7 Å². The van der Waals surface area contributed by atoms with Gasteiger partial charge in [-0.05, 0) is 25.0 Å². The van der Waals surface area contributed by atoms with Gasteiger partial charge in [-0.2, -0.15) is 0 Å². The minimum Gasteiger partial charge on any atom is -0.461 e. The number of nitrogens with one attached hydrogen (secondary N) is 1. The first-order valence-corrected chi connectivity index (χ1v) is 8.06. The molecule has 2 rings (SSSR count). The van der Waals surface area contributed by atoms with Gasteiger partial charge in [0.05, 0.1) is 11.5 Å². The third-order valence-electron chi connectivity index (χ3n) is 3.12. The summed E-state index contributed by atoms with van der Waals surface area (Å²) in [6, 6.07) is 2.70. The Bertz CT molecular complexity index is 681. The van der Waals surface area contributed by atoms with E-state index in [1.807, 2.05) is 25.3 Å². The molecule has 0 aromatic carbocycles. The predicted molar refractivity (Wildman–Crippen MR) is 85.6 cm³/mol. The summed E-state index contributed by atoms with van der Waals surface area (Å²) in [5, 5.41) is 10.5. The molecule has 3 N–H and O–H groups in total. The van der Waals surface area contributed by atoms with Crippen molar-refractivity contribution >= 4 is 23.7 Å². The van der Waals surface area contributed by atoms with Crippen LogP contribution in [0, 0.1) is 5.92 Å². The van der Waals surface area contributed by atoms with E-state index < -0.39 is 17.2 Å². The molecule has 2 aromatic rings. The Balaban J connectivity index is 2.27. The smallest absolute Gasteiger partial charge is 0.318 e. The quantitative estimate of drug-likeness (QED) is 0.777. The highest BCUT2D eigenvalue weighted by molar-refractivity contribution is 8.00. The lowest BCUT2D eigenvalue weighted by molar-refractivity contribution is -0.120. The van der Waals surface area contributed by atoms with E-state index in [2.05, 4.69) is 15.5 Å². The normalized spacial score (nSPS) is 12.3. The van der Waals surface area contributed by atoms with Crippen molar-refractivity contribution in [1.29, 1.82) is 0 Å². The van der Waals surface area contributed by atoms with Crippen LogP contribution in [0.5, 0.6) is 0 Å². The number of urea groups is 1. The van der Waals surface area contributed by atoms with Crippen molar-refractivity contribution in [3.8, 4) is 11.6 Å². The second kappa shape index (κ2) is 7.32. The van der Waals surface area contributed by atoms with Gasteiger partial charge < -0.3 is 10.2 Å². The number of nitrogens with zero attached hydrogens (tertiary/aromatic N) is 3. The average molecular weight is 337 g/mol. The number of carbonyl (C=O) groups is 2. The van der Waals surface area contributed by atoms with Crippen LogP contribution in [-0.2, 0) is 11.3 Å². The van der Waals surface area contributed by atoms with Crippen molar-refractivity contribution in [2.75, 3.05) is 0 Å². The fourth-order valence-corrected chi connectivity index (χ4v) is 3.14. The van der Waals surface area contributed by atoms with Crippen LogP contribution in [0.25, 0.3) is 11.6 Å². The van der Waals surface area contributed by atoms with Crippen LogP contribution in [0.3, 0.4) is 0 Å². The third-order valence-corrected chi connectivity index (χ3v) is 4.64. The molecule has 1 atom stereocenters. The Morgan fingerprint density at radius 2 is 2.17 bits per heavy atom. The van der Waals surface area contributed by atoms with E-state index in [0.29, 0.717) is 23.3 Å². The van der Waals surface area contributed by atoms with E-state index in [4.69, 9.17) is 10.2 Å². The molecule has 9 heteroatoms. The van der Waals surface area contributed by atoms with Crippen molar-refractivity contribution in [2.24, 2.45) is 11.7 Å². The molecular weight excluding hydrogens is 318 g/mol. The van der Waals surface area contributed by atoms with E-state index in [1.54, 1.807) is 18.4 Å². The number of primary amides is 1. The molecule has 23 heavy (non-hydrogen) atoms. The Kier molecular flexibility index (Phi) is 5.43. The number of carbonyl (C=O) groups excluding carboxylic acids is 2. The number of thioether (sulfide) groups is 1.